The summed E-state index contributed by atoms with van der Waals surface area (Å²) >= 11 is 1.77. The Kier molecular flexibility index (Phi) is 2.27. The van der Waals surface area contributed by atoms with Crippen molar-refractivity contribution in [1.82, 2.24) is 9.97 Å². The zero-order chi connectivity index (χ0) is 9.26. The summed E-state index contributed by atoms with van der Waals surface area (Å²) in [5.74, 6) is 0.675. The third-order valence-corrected chi connectivity index (χ3v) is 2.88. The molecular formula is C10H12N2S. The zero-order valence-corrected chi connectivity index (χ0v) is 8.64. The molecule has 2 nitrogen and oxygen atoms in total. The van der Waals surface area contributed by atoms with Crippen LogP contribution in [0.4, 0.5) is 0 Å². The van der Waals surface area contributed by atoms with E-state index in [0.29, 0.717) is 5.92 Å². The molecule has 0 aromatic carbocycles. The summed E-state index contributed by atoms with van der Waals surface area (Å²) in [6, 6.07) is 2.02. The Balaban J connectivity index is 2.38. The van der Waals surface area contributed by atoms with Crippen molar-refractivity contribution in [2.24, 2.45) is 5.92 Å². The van der Waals surface area contributed by atoms with Crippen LogP contribution in [0.15, 0.2) is 18.5 Å². The average Bonchev–Trinajstić information content (AvgIpc) is 2.44. The van der Waals surface area contributed by atoms with E-state index in [1.54, 1.807) is 11.3 Å². The summed E-state index contributed by atoms with van der Waals surface area (Å²) in [7, 11) is 0. The van der Waals surface area contributed by atoms with Crippen molar-refractivity contribution in [3.05, 3.63) is 23.5 Å². The van der Waals surface area contributed by atoms with Gasteiger partial charge >= 0.3 is 0 Å². The molecule has 0 amide bonds. The highest BCUT2D eigenvalue weighted by molar-refractivity contribution is 7.18. The fourth-order valence-corrected chi connectivity index (χ4v) is 2.41. The molecule has 0 aliphatic carbocycles. The first-order valence-corrected chi connectivity index (χ1v) is 5.27. The molecule has 0 unspecified atom stereocenters. The SMILES string of the molecule is CC(C)Cc1nc2cnccc2s1. The maximum absolute atomic E-state index is 4.51. The predicted octanol–water partition coefficient (Wildman–Crippen LogP) is 2.89. The minimum atomic E-state index is 0.675. The van der Waals surface area contributed by atoms with E-state index in [0.717, 1.165) is 11.9 Å². The van der Waals surface area contributed by atoms with Gasteiger partial charge in [-0.25, -0.2) is 4.98 Å². The van der Waals surface area contributed by atoms with E-state index in [1.807, 2.05) is 18.5 Å². The third kappa shape index (κ3) is 1.86. The second-order valence-electron chi connectivity index (χ2n) is 3.55. The summed E-state index contributed by atoms with van der Waals surface area (Å²) in [4.78, 5) is 8.56. The molecule has 0 fully saturated rings. The highest BCUT2D eigenvalue weighted by Gasteiger charge is 2.04. The maximum Gasteiger partial charge on any atom is 0.0998 e. The van der Waals surface area contributed by atoms with Crippen molar-refractivity contribution in [3.8, 4) is 0 Å². The maximum atomic E-state index is 4.51. The Labute approximate surface area is 81.7 Å². The lowest BCUT2D eigenvalue weighted by Gasteiger charge is -1.97. The van der Waals surface area contributed by atoms with Gasteiger partial charge in [-0.15, -0.1) is 11.3 Å². The van der Waals surface area contributed by atoms with Crippen LogP contribution < -0.4 is 0 Å². The van der Waals surface area contributed by atoms with Gasteiger partial charge in [0, 0.05) is 12.6 Å². The number of nitrogens with zero attached hydrogens (tertiary/aromatic N) is 2. The summed E-state index contributed by atoms with van der Waals surface area (Å²) in [6.45, 7) is 4.43. The highest BCUT2D eigenvalue weighted by Crippen LogP contribution is 2.22. The van der Waals surface area contributed by atoms with E-state index in [2.05, 4.69) is 23.8 Å². The average molecular weight is 192 g/mol. The van der Waals surface area contributed by atoms with Crippen molar-refractivity contribution < 1.29 is 0 Å². The largest absolute Gasteiger partial charge is 0.262 e. The second-order valence-corrected chi connectivity index (χ2v) is 4.66. The van der Waals surface area contributed by atoms with Gasteiger partial charge in [0.1, 0.15) is 0 Å². The lowest BCUT2D eigenvalue weighted by Crippen LogP contribution is -1.91. The van der Waals surface area contributed by atoms with Gasteiger partial charge in [-0.1, -0.05) is 13.8 Å². The third-order valence-electron chi connectivity index (χ3n) is 1.82. The molecule has 2 heterocycles. The normalized spacial score (nSPS) is 11.3. The fourth-order valence-electron chi connectivity index (χ4n) is 1.26. The van der Waals surface area contributed by atoms with Gasteiger partial charge in [0.05, 0.1) is 21.4 Å². The van der Waals surface area contributed by atoms with E-state index in [1.165, 1.54) is 9.71 Å². The minimum Gasteiger partial charge on any atom is -0.262 e. The van der Waals surface area contributed by atoms with Crippen LogP contribution in [-0.2, 0) is 6.42 Å². The molecule has 0 saturated heterocycles. The van der Waals surface area contributed by atoms with Crippen LogP contribution in [0.5, 0.6) is 0 Å². The number of rotatable bonds is 2. The second kappa shape index (κ2) is 3.42. The van der Waals surface area contributed by atoms with E-state index >= 15 is 0 Å². The first-order chi connectivity index (χ1) is 6.25. The Hall–Kier alpha value is -0.960. The van der Waals surface area contributed by atoms with E-state index in [-0.39, 0.29) is 0 Å². The quantitative estimate of drug-likeness (QED) is 0.731. The molecule has 0 radical (unpaired) electrons. The van der Waals surface area contributed by atoms with E-state index in [4.69, 9.17) is 0 Å². The Morgan fingerprint density at radius 1 is 1.46 bits per heavy atom. The molecule has 0 atom stereocenters. The summed E-state index contributed by atoms with van der Waals surface area (Å²) in [6.07, 6.45) is 4.72. The van der Waals surface area contributed by atoms with Crippen LogP contribution in [0.25, 0.3) is 10.2 Å². The van der Waals surface area contributed by atoms with Crippen LogP contribution in [0.3, 0.4) is 0 Å². The number of thiazole rings is 1. The Bertz CT molecular complexity index is 373. The fraction of sp³-hybridized carbons (Fsp3) is 0.400. The van der Waals surface area contributed by atoms with Gasteiger partial charge in [0.25, 0.3) is 0 Å². The molecule has 0 aliphatic heterocycles. The zero-order valence-electron chi connectivity index (χ0n) is 7.82. The van der Waals surface area contributed by atoms with Crippen LogP contribution in [0.1, 0.15) is 18.9 Å². The van der Waals surface area contributed by atoms with Crippen molar-refractivity contribution in [1.29, 1.82) is 0 Å². The number of aromatic nitrogens is 2. The van der Waals surface area contributed by atoms with Crippen molar-refractivity contribution in [2.45, 2.75) is 20.3 Å². The van der Waals surface area contributed by atoms with E-state index in [9.17, 15) is 0 Å². The predicted molar refractivity (Wildman–Crippen MR) is 56.0 cm³/mol. The van der Waals surface area contributed by atoms with Crippen molar-refractivity contribution in [3.63, 3.8) is 0 Å². The molecule has 0 aliphatic rings. The number of hydrogen-bond acceptors (Lipinski definition) is 3. The number of hydrogen-bond donors (Lipinski definition) is 0. The molecule has 2 aromatic rings. The Morgan fingerprint density at radius 3 is 3.00 bits per heavy atom. The summed E-state index contributed by atoms with van der Waals surface area (Å²) in [5.41, 5.74) is 1.03. The highest BCUT2D eigenvalue weighted by atomic mass is 32.1. The molecule has 0 bridgehead atoms. The Morgan fingerprint density at radius 2 is 2.31 bits per heavy atom. The molecular weight excluding hydrogens is 180 g/mol. The standard InChI is InChI=1S/C10H12N2S/c1-7(2)5-10-12-8-6-11-4-3-9(8)13-10/h3-4,6-7H,5H2,1-2H3. The summed E-state index contributed by atoms with van der Waals surface area (Å²) < 4.78 is 1.24. The molecule has 2 rings (SSSR count). The number of pyridine rings is 1. The van der Waals surface area contributed by atoms with Gasteiger partial charge in [0.2, 0.25) is 0 Å². The monoisotopic (exact) mass is 192 g/mol. The lowest BCUT2D eigenvalue weighted by molar-refractivity contribution is 0.645. The molecule has 0 N–H and O–H groups in total. The van der Waals surface area contributed by atoms with E-state index < -0.39 is 0 Å². The topological polar surface area (TPSA) is 25.8 Å². The first-order valence-electron chi connectivity index (χ1n) is 4.45. The molecule has 3 heteroatoms. The molecule has 0 spiro atoms. The molecule has 0 saturated carbocycles. The van der Waals surface area contributed by atoms with Crippen LogP contribution in [-0.4, -0.2) is 9.97 Å². The summed E-state index contributed by atoms with van der Waals surface area (Å²) in [5, 5.41) is 1.22. The van der Waals surface area contributed by atoms with Gasteiger partial charge < -0.3 is 0 Å². The van der Waals surface area contributed by atoms with Crippen LogP contribution >= 0.6 is 11.3 Å². The smallest absolute Gasteiger partial charge is 0.0998 e. The molecule has 13 heavy (non-hydrogen) atoms. The van der Waals surface area contributed by atoms with Gasteiger partial charge in [-0.05, 0) is 12.0 Å². The van der Waals surface area contributed by atoms with Crippen LogP contribution in [0.2, 0.25) is 0 Å². The molecule has 2 aromatic heterocycles. The van der Waals surface area contributed by atoms with Gasteiger partial charge in [-0.2, -0.15) is 0 Å². The lowest BCUT2D eigenvalue weighted by atomic mass is 10.1. The van der Waals surface area contributed by atoms with Gasteiger partial charge in [0.15, 0.2) is 0 Å². The molecule has 68 valence electrons. The van der Waals surface area contributed by atoms with Crippen LogP contribution in [0, 0.1) is 5.92 Å². The number of fused-ring (bicyclic) bond motifs is 1. The van der Waals surface area contributed by atoms with Gasteiger partial charge in [-0.3, -0.25) is 4.98 Å². The minimum absolute atomic E-state index is 0.675. The van der Waals surface area contributed by atoms with Crippen molar-refractivity contribution >= 4 is 21.6 Å². The first kappa shape index (κ1) is 8.63. The van der Waals surface area contributed by atoms with Crippen molar-refractivity contribution in [2.75, 3.05) is 0 Å².